The molecule has 0 fully saturated rings. The smallest absolute Gasteiger partial charge is 0.159 e. The van der Waals surface area contributed by atoms with Gasteiger partial charge >= 0.3 is 0 Å². The maximum atomic E-state index is 9.02. The summed E-state index contributed by atoms with van der Waals surface area (Å²) < 4.78 is 1.87. The molecule has 0 bridgehead atoms. The highest BCUT2D eigenvalue weighted by Crippen LogP contribution is 2.23. The Bertz CT molecular complexity index is 1080. The molecule has 0 aliphatic rings. The van der Waals surface area contributed by atoms with Crippen LogP contribution in [0.5, 0.6) is 0 Å². The molecule has 0 N–H and O–H groups in total. The second kappa shape index (κ2) is 6.99. The minimum absolute atomic E-state index is 0.622. The van der Waals surface area contributed by atoms with Crippen molar-refractivity contribution in [3.63, 3.8) is 0 Å². The Morgan fingerprint density at radius 2 is 1.69 bits per heavy atom. The number of nitrogens with zero attached hydrogens (tertiary/aromatic N) is 5. The van der Waals surface area contributed by atoms with Crippen LogP contribution in [0.3, 0.4) is 0 Å². The maximum Gasteiger partial charge on any atom is 0.159 e. The summed E-state index contributed by atoms with van der Waals surface area (Å²) >= 11 is 0. The molecule has 2 aromatic carbocycles. The van der Waals surface area contributed by atoms with Crippen LogP contribution in [0.2, 0.25) is 0 Å². The number of rotatable bonds is 4. The summed E-state index contributed by atoms with van der Waals surface area (Å²) in [4.78, 5) is 8.60. The number of nitriles is 1. The van der Waals surface area contributed by atoms with Gasteiger partial charge in [-0.15, -0.1) is 0 Å². The van der Waals surface area contributed by atoms with Crippen LogP contribution in [0.1, 0.15) is 11.1 Å². The lowest BCUT2D eigenvalue weighted by molar-refractivity contribution is 0.689. The fourth-order valence-corrected chi connectivity index (χ4v) is 2.80. The summed E-state index contributed by atoms with van der Waals surface area (Å²) in [5.41, 5.74) is 4.56. The normalized spacial score (nSPS) is 10.4. The van der Waals surface area contributed by atoms with Crippen LogP contribution in [0.4, 0.5) is 0 Å². The van der Waals surface area contributed by atoms with Gasteiger partial charge in [-0.3, -0.25) is 4.68 Å². The van der Waals surface area contributed by atoms with E-state index in [0.717, 1.165) is 22.4 Å². The van der Waals surface area contributed by atoms with E-state index < -0.39 is 0 Å². The molecular formula is C21H15N5. The summed E-state index contributed by atoms with van der Waals surface area (Å²) in [6.45, 7) is 0.622. The van der Waals surface area contributed by atoms with Crippen molar-refractivity contribution in [3.8, 4) is 28.7 Å². The molecule has 0 saturated heterocycles. The van der Waals surface area contributed by atoms with Crippen molar-refractivity contribution in [2.45, 2.75) is 6.54 Å². The second-order valence-corrected chi connectivity index (χ2v) is 5.86. The zero-order chi connectivity index (χ0) is 17.8. The SMILES string of the molecule is N#Cc1cccc(Cn2ccc(-c3cccc(-c4ncccn4)c3)n2)c1. The predicted molar refractivity (Wildman–Crippen MR) is 98.9 cm³/mol. The number of aromatic nitrogens is 4. The molecular weight excluding hydrogens is 322 g/mol. The van der Waals surface area contributed by atoms with Crippen LogP contribution in [0.25, 0.3) is 22.6 Å². The minimum Gasteiger partial charge on any atom is -0.268 e. The maximum absolute atomic E-state index is 9.02. The topological polar surface area (TPSA) is 67.4 Å². The average Bonchev–Trinajstić information content (AvgIpc) is 3.17. The molecule has 2 heterocycles. The van der Waals surface area contributed by atoms with Crippen LogP contribution in [0.15, 0.2) is 79.3 Å². The van der Waals surface area contributed by atoms with E-state index in [1.165, 1.54) is 0 Å². The first-order chi connectivity index (χ1) is 12.8. The summed E-state index contributed by atoms with van der Waals surface area (Å²) in [7, 11) is 0. The molecule has 5 nitrogen and oxygen atoms in total. The van der Waals surface area contributed by atoms with Crippen molar-refractivity contribution in [1.29, 1.82) is 5.26 Å². The zero-order valence-electron chi connectivity index (χ0n) is 13.9. The molecule has 0 spiro atoms. The minimum atomic E-state index is 0.622. The Balaban J connectivity index is 1.59. The highest BCUT2D eigenvalue weighted by molar-refractivity contribution is 5.67. The van der Waals surface area contributed by atoms with E-state index in [1.807, 2.05) is 59.4 Å². The van der Waals surface area contributed by atoms with Crippen molar-refractivity contribution in [3.05, 3.63) is 90.4 Å². The van der Waals surface area contributed by atoms with Gasteiger partial charge in [0.1, 0.15) is 0 Å². The molecule has 0 amide bonds. The zero-order valence-corrected chi connectivity index (χ0v) is 13.9. The predicted octanol–water partition coefficient (Wildman–Crippen LogP) is 3.93. The van der Waals surface area contributed by atoms with Gasteiger partial charge < -0.3 is 0 Å². The van der Waals surface area contributed by atoms with E-state index in [4.69, 9.17) is 5.26 Å². The van der Waals surface area contributed by atoms with Crippen molar-refractivity contribution in [2.75, 3.05) is 0 Å². The molecule has 0 aliphatic heterocycles. The fourth-order valence-electron chi connectivity index (χ4n) is 2.80. The molecule has 5 heteroatoms. The van der Waals surface area contributed by atoms with Gasteiger partial charge in [0.15, 0.2) is 5.82 Å². The Labute approximate surface area is 151 Å². The van der Waals surface area contributed by atoms with E-state index in [-0.39, 0.29) is 0 Å². The lowest BCUT2D eigenvalue weighted by atomic mass is 10.1. The average molecular weight is 337 g/mol. The standard InChI is InChI=1S/C21H15N5/c22-14-16-4-1-5-17(12-16)15-26-11-8-20(25-26)18-6-2-7-19(13-18)21-23-9-3-10-24-21/h1-13H,15H2. The molecule has 26 heavy (non-hydrogen) atoms. The molecule has 124 valence electrons. The third-order valence-corrected chi connectivity index (χ3v) is 4.02. The van der Waals surface area contributed by atoms with Crippen molar-refractivity contribution in [1.82, 2.24) is 19.7 Å². The highest BCUT2D eigenvalue weighted by atomic mass is 15.3. The van der Waals surface area contributed by atoms with E-state index in [2.05, 4.69) is 21.1 Å². The molecule has 0 atom stereocenters. The first-order valence-electron chi connectivity index (χ1n) is 8.22. The Morgan fingerprint density at radius 1 is 0.885 bits per heavy atom. The molecule has 4 rings (SSSR count). The molecule has 0 aliphatic carbocycles. The van der Waals surface area contributed by atoms with Gasteiger partial charge in [0.2, 0.25) is 0 Å². The van der Waals surface area contributed by atoms with Gasteiger partial charge in [-0.05, 0) is 35.9 Å². The first-order valence-corrected chi connectivity index (χ1v) is 8.22. The van der Waals surface area contributed by atoms with Crippen molar-refractivity contribution in [2.24, 2.45) is 0 Å². The monoisotopic (exact) mass is 337 g/mol. The van der Waals surface area contributed by atoms with E-state index in [0.29, 0.717) is 17.9 Å². The Kier molecular flexibility index (Phi) is 4.23. The van der Waals surface area contributed by atoms with Gasteiger partial charge in [-0.25, -0.2) is 9.97 Å². The van der Waals surface area contributed by atoms with Crippen LogP contribution >= 0.6 is 0 Å². The van der Waals surface area contributed by atoms with Crippen LogP contribution in [-0.2, 0) is 6.54 Å². The van der Waals surface area contributed by atoms with E-state index >= 15 is 0 Å². The molecule has 0 saturated carbocycles. The van der Waals surface area contributed by atoms with Gasteiger partial charge in [0.05, 0.1) is 23.9 Å². The summed E-state index contributed by atoms with van der Waals surface area (Å²) in [5, 5.41) is 13.7. The van der Waals surface area contributed by atoms with Crippen molar-refractivity contribution < 1.29 is 0 Å². The Morgan fingerprint density at radius 3 is 2.54 bits per heavy atom. The molecule has 0 radical (unpaired) electrons. The first kappa shape index (κ1) is 15.7. The van der Waals surface area contributed by atoms with Gasteiger partial charge in [0, 0.05) is 29.7 Å². The third kappa shape index (κ3) is 3.35. The lowest BCUT2D eigenvalue weighted by Gasteiger charge is -2.04. The summed E-state index contributed by atoms with van der Waals surface area (Å²) in [6, 6.07) is 21.6. The summed E-state index contributed by atoms with van der Waals surface area (Å²) in [6.07, 6.45) is 5.41. The molecule has 2 aromatic heterocycles. The van der Waals surface area contributed by atoms with Gasteiger partial charge in [-0.1, -0.05) is 30.3 Å². The second-order valence-electron chi connectivity index (χ2n) is 5.86. The Hall–Kier alpha value is -3.78. The molecule has 4 aromatic rings. The van der Waals surface area contributed by atoms with Crippen LogP contribution in [-0.4, -0.2) is 19.7 Å². The lowest BCUT2D eigenvalue weighted by Crippen LogP contribution is -2.00. The van der Waals surface area contributed by atoms with Crippen LogP contribution < -0.4 is 0 Å². The number of benzene rings is 2. The van der Waals surface area contributed by atoms with E-state index in [9.17, 15) is 0 Å². The van der Waals surface area contributed by atoms with Gasteiger partial charge in [0.25, 0.3) is 0 Å². The van der Waals surface area contributed by atoms with Crippen LogP contribution in [0, 0.1) is 11.3 Å². The summed E-state index contributed by atoms with van der Waals surface area (Å²) in [5.74, 6) is 0.696. The number of hydrogen-bond acceptors (Lipinski definition) is 4. The van der Waals surface area contributed by atoms with Gasteiger partial charge in [-0.2, -0.15) is 10.4 Å². The largest absolute Gasteiger partial charge is 0.268 e. The van der Waals surface area contributed by atoms with Crippen molar-refractivity contribution >= 4 is 0 Å². The number of hydrogen-bond donors (Lipinski definition) is 0. The third-order valence-electron chi connectivity index (χ3n) is 4.02. The fraction of sp³-hybridized carbons (Fsp3) is 0.0476. The highest BCUT2D eigenvalue weighted by Gasteiger charge is 2.06. The van der Waals surface area contributed by atoms with E-state index in [1.54, 1.807) is 24.5 Å². The quantitative estimate of drug-likeness (QED) is 0.566. The molecule has 0 unspecified atom stereocenters.